The van der Waals surface area contributed by atoms with Crippen LogP contribution in [-0.4, -0.2) is 22.6 Å². The van der Waals surface area contributed by atoms with Gasteiger partial charge in [0.05, 0.1) is 25.2 Å². The van der Waals surface area contributed by atoms with Crippen LogP contribution < -0.4 is 14.2 Å². The molecule has 0 atom stereocenters. The third-order valence-electron chi connectivity index (χ3n) is 5.20. The average Bonchev–Trinajstić information content (AvgIpc) is 2.77. The molecule has 0 aromatic heterocycles. The van der Waals surface area contributed by atoms with Crippen LogP contribution in [0.4, 0.5) is 0 Å². The number of hydrogen-bond acceptors (Lipinski definition) is 4. The number of methoxy groups -OCH3 is 2. The van der Waals surface area contributed by atoms with E-state index in [0.29, 0.717) is 11.5 Å². The van der Waals surface area contributed by atoms with E-state index in [-0.39, 0.29) is 10.3 Å². The van der Waals surface area contributed by atoms with Crippen LogP contribution in [0.15, 0.2) is 77.7 Å². The van der Waals surface area contributed by atoms with Crippen molar-refractivity contribution in [2.75, 3.05) is 14.2 Å². The topological polar surface area (TPSA) is 64.6 Å². The summed E-state index contributed by atoms with van der Waals surface area (Å²) in [6, 6.07) is 21.2. The fourth-order valence-corrected chi connectivity index (χ4v) is 4.49. The Hall–Kier alpha value is -2.83. The first-order chi connectivity index (χ1) is 14.6. The van der Waals surface area contributed by atoms with E-state index < -0.39 is 16.1 Å². The minimum atomic E-state index is -3.76. The quantitative estimate of drug-likeness (QED) is 0.558. The summed E-state index contributed by atoms with van der Waals surface area (Å²) in [5.41, 5.74) is 2.64. The minimum absolute atomic E-state index is 0.0511. The van der Waals surface area contributed by atoms with Crippen molar-refractivity contribution in [1.29, 1.82) is 0 Å². The zero-order valence-electron chi connectivity index (χ0n) is 18.5. The lowest BCUT2D eigenvalue weighted by Gasteiger charge is -2.22. The number of sulfonamides is 1. The van der Waals surface area contributed by atoms with E-state index in [1.807, 2.05) is 60.7 Å². The van der Waals surface area contributed by atoms with Gasteiger partial charge in [0, 0.05) is 0 Å². The lowest BCUT2D eigenvalue weighted by atomic mass is 9.87. The largest absolute Gasteiger partial charge is 0.497 e. The molecule has 3 rings (SSSR count). The van der Waals surface area contributed by atoms with Gasteiger partial charge >= 0.3 is 0 Å². The Balaban J connectivity index is 1.98. The van der Waals surface area contributed by atoms with Crippen LogP contribution in [0.1, 0.15) is 43.5 Å². The number of benzene rings is 3. The molecule has 3 aromatic rings. The summed E-state index contributed by atoms with van der Waals surface area (Å²) in [6.07, 6.45) is 0. The van der Waals surface area contributed by atoms with Gasteiger partial charge in [-0.1, -0.05) is 57.2 Å². The molecule has 0 heterocycles. The van der Waals surface area contributed by atoms with Gasteiger partial charge in [0.15, 0.2) is 0 Å². The van der Waals surface area contributed by atoms with Crippen molar-refractivity contribution in [3.8, 4) is 11.5 Å². The van der Waals surface area contributed by atoms with Gasteiger partial charge in [-0.15, -0.1) is 0 Å². The summed E-state index contributed by atoms with van der Waals surface area (Å²) < 4.78 is 39.8. The fraction of sp³-hybridized carbons (Fsp3) is 0.280. The minimum Gasteiger partial charge on any atom is -0.497 e. The van der Waals surface area contributed by atoms with Gasteiger partial charge in [-0.2, -0.15) is 4.72 Å². The van der Waals surface area contributed by atoms with Crippen molar-refractivity contribution >= 4 is 10.0 Å². The van der Waals surface area contributed by atoms with E-state index in [4.69, 9.17) is 9.47 Å². The van der Waals surface area contributed by atoms with E-state index in [9.17, 15) is 8.42 Å². The Morgan fingerprint density at radius 2 is 1.13 bits per heavy atom. The smallest absolute Gasteiger partial charge is 0.241 e. The lowest BCUT2D eigenvalue weighted by molar-refractivity contribution is 0.414. The van der Waals surface area contributed by atoms with Crippen LogP contribution in [0.3, 0.4) is 0 Å². The van der Waals surface area contributed by atoms with E-state index in [1.165, 1.54) is 0 Å². The summed E-state index contributed by atoms with van der Waals surface area (Å²) in [6.45, 7) is 6.29. The maximum Gasteiger partial charge on any atom is 0.241 e. The molecule has 0 aliphatic carbocycles. The molecule has 164 valence electrons. The Morgan fingerprint density at radius 3 is 1.48 bits per heavy atom. The molecule has 1 N–H and O–H groups in total. The Bertz CT molecular complexity index is 1050. The summed E-state index contributed by atoms with van der Waals surface area (Å²) in [5.74, 6) is 1.41. The first-order valence-corrected chi connectivity index (χ1v) is 11.5. The SMILES string of the molecule is COc1ccc(C(NS(=O)(=O)c2ccc(C(C)(C)C)cc2)c2ccc(OC)cc2)cc1. The predicted octanol–water partition coefficient (Wildman–Crippen LogP) is 5.07. The molecule has 0 aliphatic rings. The molecular formula is C25H29NO4S. The van der Waals surface area contributed by atoms with Gasteiger partial charge in [-0.3, -0.25) is 0 Å². The summed E-state index contributed by atoms with van der Waals surface area (Å²) in [4.78, 5) is 0.229. The molecule has 31 heavy (non-hydrogen) atoms. The van der Waals surface area contributed by atoms with Crippen molar-refractivity contribution in [1.82, 2.24) is 4.72 Å². The van der Waals surface area contributed by atoms with E-state index in [2.05, 4.69) is 25.5 Å². The molecule has 0 unspecified atom stereocenters. The summed E-state index contributed by atoms with van der Waals surface area (Å²) in [7, 11) is -0.568. The zero-order valence-corrected chi connectivity index (χ0v) is 19.4. The fourth-order valence-electron chi connectivity index (χ4n) is 3.28. The third kappa shape index (κ3) is 5.46. The highest BCUT2D eigenvalue weighted by Gasteiger charge is 2.24. The Morgan fingerprint density at radius 1 is 0.710 bits per heavy atom. The number of nitrogens with one attached hydrogen (secondary N) is 1. The monoisotopic (exact) mass is 439 g/mol. The van der Waals surface area contributed by atoms with Crippen molar-refractivity contribution in [2.45, 2.75) is 37.1 Å². The molecule has 0 fully saturated rings. The van der Waals surface area contributed by atoms with Gasteiger partial charge in [-0.05, 0) is 58.5 Å². The van der Waals surface area contributed by atoms with Crippen LogP contribution in [0, 0.1) is 0 Å². The molecule has 0 spiro atoms. The van der Waals surface area contributed by atoms with Crippen LogP contribution in [0.2, 0.25) is 0 Å². The Labute approximate surface area is 185 Å². The van der Waals surface area contributed by atoms with Gasteiger partial charge < -0.3 is 9.47 Å². The van der Waals surface area contributed by atoms with Crippen LogP contribution in [0.5, 0.6) is 11.5 Å². The molecule has 0 saturated heterocycles. The maximum atomic E-state index is 13.2. The second-order valence-corrected chi connectivity index (χ2v) is 10.1. The standard InChI is InChI=1S/C25H29NO4S/c1-25(2,3)20-10-16-23(17-11-20)31(27,28)26-24(18-6-12-21(29-4)13-7-18)19-8-14-22(30-5)15-9-19/h6-17,24,26H,1-5H3. The lowest BCUT2D eigenvalue weighted by Crippen LogP contribution is -2.29. The second kappa shape index (κ2) is 9.12. The van der Waals surface area contributed by atoms with Gasteiger partial charge in [-0.25, -0.2) is 8.42 Å². The Kier molecular flexibility index (Phi) is 6.72. The number of ether oxygens (including phenoxy) is 2. The predicted molar refractivity (Wildman–Crippen MR) is 123 cm³/mol. The van der Waals surface area contributed by atoms with Crippen LogP contribution in [0.25, 0.3) is 0 Å². The molecule has 0 amide bonds. The molecule has 0 radical (unpaired) electrons. The van der Waals surface area contributed by atoms with Crippen molar-refractivity contribution in [3.05, 3.63) is 89.5 Å². The van der Waals surface area contributed by atoms with E-state index >= 15 is 0 Å². The summed E-state index contributed by atoms with van der Waals surface area (Å²) >= 11 is 0. The molecule has 0 aliphatic heterocycles. The summed E-state index contributed by atoms with van der Waals surface area (Å²) in [5, 5.41) is 0. The molecule has 0 saturated carbocycles. The van der Waals surface area contributed by atoms with Crippen molar-refractivity contribution < 1.29 is 17.9 Å². The number of hydrogen-bond donors (Lipinski definition) is 1. The average molecular weight is 440 g/mol. The second-order valence-electron chi connectivity index (χ2n) is 8.37. The normalized spacial score (nSPS) is 12.1. The first-order valence-electron chi connectivity index (χ1n) is 10.0. The third-order valence-corrected chi connectivity index (χ3v) is 6.64. The highest BCUT2D eigenvalue weighted by molar-refractivity contribution is 7.89. The molecule has 5 nitrogen and oxygen atoms in total. The highest BCUT2D eigenvalue weighted by Crippen LogP contribution is 2.29. The first kappa shape index (κ1) is 22.8. The molecule has 0 bridgehead atoms. The highest BCUT2D eigenvalue weighted by atomic mass is 32.2. The van der Waals surface area contributed by atoms with E-state index in [0.717, 1.165) is 16.7 Å². The maximum absolute atomic E-state index is 13.2. The van der Waals surface area contributed by atoms with Gasteiger partial charge in [0.2, 0.25) is 10.0 Å². The van der Waals surface area contributed by atoms with Crippen LogP contribution in [-0.2, 0) is 15.4 Å². The van der Waals surface area contributed by atoms with Crippen molar-refractivity contribution in [3.63, 3.8) is 0 Å². The van der Waals surface area contributed by atoms with E-state index in [1.54, 1.807) is 26.4 Å². The van der Waals surface area contributed by atoms with Crippen LogP contribution >= 0.6 is 0 Å². The number of rotatable bonds is 7. The zero-order chi connectivity index (χ0) is 22.6. The van der Waals surface area contributed by atoms with Crippen molar-refractivity contribution in [2.24, 2.45) is 0 Å². The van der Waals surface area contributed by atoms with Gasteiger partial charge in [0.1, 0.15) is 11.5 Å². The molecule has 6 heteroatoms. The van der Waals surface area contributed by atoms with Gasteiger partial charge in [0.25, 0.3) is 0 Å². The molecular weight excluding hydrogens is 410 g/mol. The molecule has 3 aromatic carbocycles.